The highest BCUT2D eigenvalue weighted by molar-refractivity contribution is 7.88. The van der Waals surface area contributed by atoms with Crippen LogP contribution in [0.4, 0.5) is 14.9 Å². The van der Waals surface area contributed by atoms with E-state index in [1.54, 1.807) is 24.4 Å². The Kier molecular flexibility index (Phi) is 6.88. The molecule has 2 heterocycles. The molecule has 0 bridgehead atoms. The summed E-state index contributed by atoms with van der Waals surface area (Å²) < 4.78 is 44.7. The van der Waals surface area contributed by atoms with E-state index in [1.165, 1.54) is 22.7 Å². The van der Waals surface area contributed by atoms with Crippen molar-refractivity contribution in [2.24, 2.45) is 0 Å². The van der Waals surface area contributed by atoms with Gasteiger partial charge in [-0.25, -0.2) is 17.6 Å². The fourth-order valence-corrected chi connectivity index (χ4v) is 4.08. The minimum atomic E-state index is -3.29. The van der Waals surface area contributed by atoms with Crippen LogP contribution >= 0.6 is 0 Å². The molecular formula is C20H25FN4O4S. The molecule has 0 saturated carbocycles. The second kappa shape index (κ2) is 9.40. The number of sulfonamides is 1. The normalized spacial score (nSPS) is 17.4. The van der Waals surface area contributed by atoms with Gasteiger partial charge in [-0.3, -0.25) is 4.98 Å². The molecule has 1 saturated heterocycles. The van der Waals surface area contributed by atoms with E-state index in [-0.39, 0.29) is 19.2 Å². The third-order valence-electron chi connectivity index (χ3n) is 4.67. The number of piperidine rings is 1. The molecule has 162 valence electrons. The van der Waals surface area contributed by atoms with Crippen molar-refractivity contribution in [2.45, 2.75) is 32.4 Å². The van der Waals surface area contributed by atoms with Gasteiger partial charge in [0.2, 0.25) is 10.0 Å². The Bertz CT molecular complexity index is 998. The Morgan fingerprint density at radius 2 is 2.13 bits per heavy atom. The summed E-state index contributed by atoms with van der Waals surface area (Å²) in [6.45, 7) is 2.64. The van der Waals surface area contributed by atoms with Crippen molar-refractivity contribution in [3.05, 3.63) is 53.6 Å². The Morgan fingerprint density at radius 3 is 2.83 bits per heavy atom. The van der Waals surface area contributed by atoms with E-state index in [1.807, 2.05) is 6.92 Å². The number of aromatic nitrogens is 1. The number of benzene rings is 1. The van der Waals surface area contributed by atoms with Crippen molar-refractivity contribution in [1.29, 1.82) is 0 Å². The van der Waals surface area contributed by atoms with E-state index >= 15 is 0 Å². The zero-order chi connectivity index (χ0) is 21.7. The molecule has 10 heteroatoms. The number of pyridine rings is 1. The number of hydrogen-bond donors (Lipinski definition) is 2. The highest BCUT2D eigenvalue weighted by Gasteiger charge is 2.27. The molecule has 0 radical (unpaired) electrons. The van der Waals surface area contributed by atoms with Crippen LogP contribution in [0.2, 0.25) is 0 Å². The maximum absolute atomic E-state index is 14.0. The summed E-state index contributed by atoms with van der Waals surface area (Å²) in [6, 6.07) is 7.27. The maximum atomic E-state index is 14.0. The average molecular weight is 437 g/mol. The van der Waals surface area contributed by atoms with E-state index in [9.17, 15) is 17.6 Å². The highest BCUT2D eigenvalue weighted by atomic mass is 32.2. The van der Waals surface area contributed by atoms with Crippen molar-refractivity contribution < 1.29 is 22.3 Å². The Morgan fingerprint density at radius 1 is 1.33 bits per heavy atom. The zero-order valence-electron chi connectivity index (χ0n) is 16.9. The standard InChI is InChI=1S/C20H25FN4O4S/c1-14-5-6-17(12-22-14)24-20(26)23-11-15-8-16(21)10-19(9-15)29-18-4-3-7-25(13-18)30(2,27)28/h5-6,8-10,12,18H,3-4,7,11,13H2,1-2H3,(H2,23,24,26). The van der Waals surface area contributed by atoms with Crippen LogP contribution in [-0.2, 0) is 16.6 Å². The van der Waals surface area contributed by atoms with Crippen molar-refractivity contribution in [1.82, 2.24) is 14.6 Å². The minimum absolute atomic E-state index is 0.0966. The van der Waals surface area contributed by atoms with Gasteiger partial charge in [0.25, 0.3) is 0 Å². The molecule has 2 aromatic rings. The molecular weight excluding hydrogens is 411 g/mol. The molecule has 1 atom stereocenters. The number of carbonyl (C=O) groups excluding carboxylic acids is 1. The van der Waals surface area contributed by atoms with Gasteiger partial charge in [0.1, 0.15) is 17.7 Å². The molecule has 30 heavy (non-hydrogen) atoms. The number of ether oxygens (including phenoxy) is 1. The first kappa shape index (κ1) is 22.0. The second-order valence-corrected chi connectivity index (χ2v) is 9.28. The molecule has 3 rings (SSSR count). The van der Waals surface area contributed by atoms with Gasteiger partial charge >= 0.3 is 6.03 Å². The van der Waals surface area contributed by atoms with E-state index in [4.69, 9.17) is 4.74 Å². The predicted molar refractivity (Wildman–Crippen MR) is 111 cm³/mol. The smallest absolute Gasteiger partial charge is 0.319 e. The number of hydrogen-bond acceptors (Lipinski definition) is 5. The zero-order valence-corrected chi connectivity index (χ0v) is 17.7. The first-order valence-electron chi connectivity index (χ1n) is 9.58. The second-order valence-electron chi connectivity index (χ2n) is 7.29. The van der Waals surface area contributed by atoms with Crippen LogP contribution in [-0.4, -0.2) is 49.2 Å². The SMILES string of the molecule is Cc1ccc(NC(=O)NCc2cc(F)cc(OC3CCCN(S(C)(=O)=O)C3)c2)cn1. The van der Waals surface area contributed by atoms with Crippen LogP contribution in [0.3, 0.4) is 0 Å². The molecule has 1 aliphatic heterocycles. The lowest BCUT2D eigenvalue weighted by atomic mass is 10.1. The molecule has 0 spiro atoms. The van der Waals surface area contributed by atoms with Crippen molar-refractivity contribution in [3.63, 3.8) is 0 Å². The third-order valence-corrected chi connectivity index (χ3v) is 5.94. The number of nitrogens with zero attached hydrogens (tertiary/aromatic N) is 2. The van der Waals surface area contributed by atoms with E-state index in [2.05, 4.69) is 15.6 Å². The number of anilines is 1. The van der Waals surface area contributed by atoms with Gasteiger partial charge in [0.05, 0.1) is 24.7 Å². The molecule has 1 aromatic heterocycles. The Hall–Kier alpha value is -2.72. The number of aryl methyl sites for hydroxylation is 1. The lowest BCUT2D eigenvalue weighted by Crippen LogP contribution is -2.43. The summed E-state index contributed by atoms with van der Waals surface area (Å²) in [5.41, 5.74) is 1.91. The van der Waals surface area contributed by atoms with E-state index in [0.717, 1.165) is 5.69 Å². The van der Waals surface area contributed by atoms with Crippen LogP contribution in [0, 0.1) is 12.7 Å². The highest BCUT2D eigenvalue weighted by Crippen LogP contribution is 2.22. The summed E-state index contributed by atoms with van der Waals surface area (Å²) in [5, 5.41) is 5.31. The van der Waals surface area contributed by atoms with Crippen molar-refractivity contribution in [3.8, 4) is 5.75 Å². The molecule has 1 aromatic carbocycles. The molecule has 0 aliphatic carbocycles. The van der Waals surface area contributed by atoms with Gasteiger partial charge in [-0.15, -0.1) is 0 Å². The number of rotatable bonds is 6. The monoisotopic (exact) mass is 436 g/mol. The molecule has 1 aliphatic rings. The van der Waals surface area contributed by atoms with Crippen LogP contribution in [0.25, 0.3) is 0 Å². The van der Waals surface area contributed by atoms with Crippen molar-refractivity contribution >= 4 is 21.7 Å². The first-order valence-corrected chi connectivity index (χ1v) is 11.4. The minimum Gasteiger partial charge on any atom is -0.489 e. The van der Waals surface area contributed by atoms with Gasteiger partial charge in [0, 0.05) is 24.8 Å². The van der Waals surface area contributed by atoms with Gasteiger partial charge < -0.3 is 15.4 Å². The largest absolute Gasteiger partial charge is 0.489 e. The third kappa shape index (κ3) is 6.39. The van der Waals surface area contributed by atoms with Gasteiger partial charge in [0.15, 0.2) is 0 Å². The summed E-state index contributed by atoms with van der Waals surface area (Å²) in [5.74, 6) is -0.196. The molecule has 2 N–H and O–H groups in total. The quantitative estimate of drug-likeness (QED) is 0.725. The van der Waals surface area contributed by atoms with E-state index < -0.39 is 21.9 Å². The van der Waals surface area contributed by atoms with Crippen molar-refractivity contribution in [2.75, 3.05) is 24.7 Å². The fraction of sp³-hybridized carbons (Fsp3) is 0.400. The van der Waals surface area contributed by atoms with Crippen LogP contribution in [0.15, 0.2) is 36.5 Å². The molecule has 8 nitrogen and oxygen atoms in total. The van der Waals surface area contributed by atoms with Crippen LogP contribution in [0.5, 0.6) is 5.75 Å². The number of urea groups is 1. The number of amides is 2. The summed E-state index contributed by atoms with van der Waals surface area (Å²) in [7, 11) is -3.29. The van der Waals surface area contributed by atoms with Gasteiger partial charge in [-0.2, -0.15) is 4.31 Å². The van der Waals surface area contributed by atoms with Gasteiger partial charge in [-0.1, -0.05) is 0 Å². The predicted octanol–water partition coefficient (Wildman–Crippen LogP) is 2.65. The summed E-state index contributed by atoms with van der Waals surface area (Å²) >= 11 is 0. The molecule has 1 fully saturated rings. The van der Waals surface area contributed by atoms with Crippen LogP contribution < -0.4 is 15.4 Å². The Labute approximate surface area is 175 Å². The number of halogens is 1. The fourth-order valence-electron chi connectivity index (χ4n) is 3.19. The lowest BCUT2D eigenvalue weighted by molar-refractivity contribution is 0.129. The van der Waals surface area contributed by atoms with Gasteiger partial charge in [-0.05, 0) is 49.6 Å². The number of nitrogens with one attached hydrogen (secondary N) is 2. The molecule has 2 amide bonds. The first-order chi connectivity index (χ1) is 14.2. The molecule has 1 unspecified atom stereocenters. The summed E-state index contributed by atoms with van der Waals surface area (Å²) in [6.07, 6.45) is 3.72. The van der Waals surface area contributed by atoms with E-state index in [0.29, 0.717) is 36.4 Å². The Balaban J connectivity index is 1.58. The maximum Gasteiger partial charge on any atom is 0.319 e. The topological polar surface area (TPSA) is 101 Å². The summed E-state index contributed by atoms with van der Waals surface area (Å²) in [4.78, 5) is 16.1. The lowest BCUT2D eigenvalue weighted by Gasteiger charge is -2.31. The average Bonchev–Trinajstić information content (AvgIpc) is 2.67. The number of carbonyl (C=O) groups is 1. The van der Waals surface area contributed by atoms with Crippen LogP contribution in [0.1, 0.15) is 24.1 Å².